The fourth-order valence-corrected chi connectivity index (χ4v) is 7.32. The number of carbonyl (C=O) groups is 2. The Morgan fingerprint density at radius 2 is 1.65 bits per heavy atom. The maximum Gasteiger partial charge on any atom is 0.321 e. The molecule has 4 bridgehead atoms. The third-order valence-corrected chi connectivity index (χ3v) is 8.24. The van der Waals surface area contributed by atoms with Gasteiger partial charge in [0.15, 0.2) is 0 Å². The standard InChI is InChI=1S/C13H21NO3S.C5H9NO2/c1-8(12(15)16)14-18(17)13-5-9-2-10(6-13)4-11(3-9)7-13;7-5(8)4-2-1-3-6-4/h8-11,14H,2-7H2,1H3,(H,15,16);4,6H,1-3H2,(H,7,8)/t8-,9?,10?,11?,13?,18?;4-/m00/s1. The van der Waals surface area contributed by atoms with E-state index in [1.165, 1.54) is 19.3 Å². The van der Waals surface area contributed by atoms with Gasteiger partial charge in [0.05, 0.1) is 15.7 Å². The first-order valence-corrected chi connectivity index (χ1v) is 10.8. The molecule has 0 aromatic heterocycles. The molecule has 26 heavy (non-hydrogen) atoms. The van der Waals surface area contributed by atoms with E-state index in [-0.39, 0.29) is 10.8 Å². The molecule has 1 unspecified atom stereocenters. The largest absolute Gasteiger partial charge is 0.480 e. The van der Waals surface area contributed by atoms with Crippen molar-refractivity contribution >= 4 is 22.9 Å². The number of hydrogen-bond acceptors (Lipinski definition) is 4. The molecule has 4 saturated carbocycles. The molecule has 0 spiro atoms. The van der Waals surface area contributed by atoms with Crippen LogP contribution in [0.5, 0.6) is 0 Å². The number of hydrogen-bond donors (Lipinski definition) is 4. The van der Waals surface area contributed by atoms with Crippen molar-refractivity contribution < 1.29 is 24.0 Å². The number of nitrogens with one attached hydrogen (secondary N) is 2. The van der Waals surface area contributed by atoms with Crippen molar-refractivity contribution in [3.05, 3.63) is 0 Å². The number of aliphatic carboxylic acids is 2. The second-order valence-corrected chi connectivity index (χ2v) is 10.2. The quantitative estimate of drug-likeness (QED) is 0.569. The van der Waals surface area contributed by atoms with Gasteiger partial charge in [0, 0.05) is 0 Å². The zero-order valence-electron chi connectivity index (χ0n) is 15.3. The van der Waals surface area contributed by atoms with Gasteiger partial charge in [-0.1, -0.05) is 0 Å². The average Bonchev–Trinajstić information content (AvgIpc) is 3.08. The van der Waals surface area contributed by atoms with Crippen LogP contribution in [-0.2, 0) is 20.6 Å². The monoisotopic (exact) mass is 386 g/mol. The summed E-state index contributed by atoms with van der Waals surface area (Å²) in [5, 5.41) is 20.1. The Morgan fingerprint density at radius 3 is 2.00 bits per heavy atom. The predicted octanol–water partition coefficient (Wildman–Crippen LogP) is 1.50. The molecule has 8 heteroatoms. The first-order valence-electron chi connectivity index (χ1n) is 9.66. The number of carboxylic acid groups (broad SMARTS) is 2. The maximum atomic E-state index is 12.5. The molecule has 0 aromatic carbocycles. The van der Waals surface area contributed by atoms with Crippen LogP contribution in [0.4, 0.5) is 0 Å². The van der Waals surface area contributed by atoms with Gasteiger partial charge in [-0.15, -0.1) is 0 Å². The molecule has 148 valence electrons. The van der Waals surface area contributed by atoms with Crippen LogP contribution in [0.1, 0.15) is 58.3 Å². The molecule has 1 heterocycles. The summed E-state index contributed by atoms with van der Waals surface area (Å²) >= 11 is 0. The smallest absolute Gasteiger partial charge is 0.321 e. The Labute approximate surface area is 156 Å². The van der Waals surface area contributed by atoms with Crippen molar-refractivity contribution in [1.82, 2.24) is 10.0 Å². The van der Waals surface area contributed by atoms with E-state index in [0.717, 1.165) is 56.4 Å². The first-order chi connectivity index (χ1) is 12.3. The molecule has 5 aliphatic rings. The SMILES string of the molecule is C[C@H](NS(=O)C12CC3CC(CC(C3)C1)C2)C(=O)O.O=C(O)[C@@H]1CCCN1. The highest BCUT2D eigenvalue weighted by atomic mass is 32.2. The molecule has 5 rings (SSSR count). The fourth-order valence-electron chi connectivity index (χ4n) is 5.49. The molecule has 0 amide bonds. The zero-order chi connectivity index (χ0) is 18.9. The molecule has 4 aliphatic carbocycles. The van der Waals surface area contributed by atoms with E-state index in [2.05, 4.69) is 10.0 Å². The highest BCUT2D eigenvalue weighted by Gasteiger charge is 2.54. The molecule has 0 radical (unpaired) electrons. The average molecular weight is 387 g/mol. The van der Waals surface area contributed by atoms with Gasteiger partial charge in [-0.25, -0.2) is 8.93 Å². The molecule has 1 saturated heterocycles. The minimum atomic E-state index is -1.21. The van der Waals surface area contributed by atoms with E-state index in [1.54, 1.807) is 6.92 Å². The number of rotatable bonds is 5. The second kappa shape index (κ2) is 7.94. The zero-order valence-corrected chi connectivity index (χ0v) is 16.1. The summed E-state index contributed by atoms with van der Waals surface area (Å²) in [6.07, 6.45) is 8.81. The van der Waals surface area contributed by atoms with Crippen molar-refractivity contribution in [1.29, 1.82) is 0 Å². The van der Waals surface area contributed by atoms with Gasteiger partial charge < -0.3 is 15.5 Å². The van der Waals surface area contributed by atoms with Crippen molar-refractivity contribution in [3.8, 4) is 0 Å². The maximum absolute atomic E-state index is 12.5. The summed E-state index contributed by atoms with van der Waals surface area (Å²) in [6.45, 7) is 2.43. The molecule has 3 atom stereocenters. The summed E-state index contributed by atoms with van der Waals surface area (Å²) in [6, 6.07) is -0.992. The Hall–Kier alpha value is -0.990. The van der Waals surface area contributed by atoms with E-state index >= 15 is 0 Å². The summed E-state index contributed by atoms with van der Waals surface area (Å²) in [7, 11) is -1.21. The van der Waals surface area contributed by atoms with E-state index < -0.39 is 29.0 Å². The van der Waals surface area contributed by atoms with E-state index in [1.807, 2.05) is 0 Å². The van der Waals surface area contributed by atoms with Crippen LogP contribution in [0.3, 0.4) is 0 Å². The van der Waals surface area contributed by atoms with E-state index in [9.17, 15) is 13.8 Å². The Morgan fingerprint density at radius 1 is 1.12 bits per heavy atom. The Balaban J connectivity index is 0.000000206. The third kappa shape index (κ3) is 4.28. The van der Waals surface area contributed by atoms with Crippen molar-refractivity contribution in [3.63, 3.8) is 0 Å². The van der Waals surface area contributed by atoms with Gasteiger partial charge in [-0.3, -0.25) is 9.59 Å². The fraction of sp³-hybridized carbons (Fsp3) is 0.889. The highest BCUT2D eigenvalue weighted by molar-refractivity contribution is 7.84. The molecular formula is C18H30N2O5S. The van der Waals surface area contributed by atoms with Crippen molar-refractivity contribution in [2.45, 2.75) is 75.1 Å². The van der Waals surface area contributed by atoms with Gasteiger partial charge >= 0.3 is 11.9 Å². The third-order valence-electron chi connectivity index (χ3n) is 6.39. The van der Waals surface area contributed by atoms with E-state index in [0.29, 0.717) is 0 Å². The molecule has 5 fully saturated rings. The van der Waals surface area contributed by atoms with Gasteiger partial charge in [-0.2, -0.15) is 0 Å². The van der Waals surface area contributed by atoms with Crippen LogP contribution in [0.15, 0.2) is 0 Å². The molecule has 4 N–H and O–H groups in total. The minimum absolute atomic E-state index is 0.127. The van der Waals surface area contributed by atoms with Gasteiger partial charge in [-0.05, 0) is 82.6 Å². The Bertz CT molecular complexity index is 541. The molecule has 0 aromatic rings. The summed E-state index contributed by atoms with van der Waals surface area (Å²) in [4.78, 5) is 21.0. The van der Waals surface area contributed by atoms with Crippen LogP contribution in [-0.4, -0.2) is 49.7 Å². The minimum Gasteiger partial charge on any atom is -0.480 e. The van der Waals surface area contributed by atoms with Crippen molar-refractivity contribution in [2.75, 3.05) is 6.54 Å². The van der Waals surface area contributed by atoms with Crippen LogP contribution in [0.2, 0.25) is 0 Å². The van der Waals surface area contributed by atoms with Crippen LogP contribution in [0, 0.1) is 17.8 Å². The number of carboxylic acids is 2. The lowest BCUT2D eigenvalue weighted by Gasteiger charge is -2.55. The topological polar surface area (TPSA) is 116 Å². The summed E-state index contributed by atoms with van der Waals surface area (Å²) in [5.74, 6) is 0.571. The summed E-state index contributed by atoms with van der Waals surface area (Å²) in [5.41, 5.74) is 0. The highest BCUT2D eigenvalue weighted by Crippen LogP contribution is 2.57. The lowest BCUT2D eigenvalue weighted by atomic mass is 9.56. The first kappa shape index (κ1) is 19.8. The predicted molar refractivity (Wildman–Crippen MR) is 97.9 cm³/mol. The van der Waals surface area contributed by atoms with Crippen molar-refractivity contribution in [2.24, 2.45) is 17.8 Å². The van der Waals surface area contributed by atoms with E-state index in [4.69, 9.17) is 10.2 Å². The Kier molecular flexibility index (Phi) is 6.04. The molecular weight excluding hydrogens is 356 g/mol. The summed E-state index contributed by atoms with van der Waals surface area (Å²) < 4.78 is 15.2. The van der Waals surface area contributed by atoms with Gasteiger partial charge in [0.1, 0.15) is 12.1 Å². The second-order valence-electron chi connectivity index (χ2n) is 8.53. The molecule has 7 nitrogen and oxygen atoms in total. The van der Waals surface area contributed by atoms with Crippen LogP contribution >= 0.6 is 0 Å². The van der Waals surface area contributed by atoms with Crippen LogP contribution in [0.25, 0.3) is 0 Å². The molecule has 1 aliphatic heterocycles. The van der Waals surface area contributed by atoms with Gasteiger partial charge in [0.25, 0.3) is 0 Å². The van der Waals surface area contributed by atoms with Gasteiger partial charge in [0.2, 0.25) is 0 Å². The lowest BCUT2D eigenvalue weighted by molar-refractivity contribution is -0.139. The normalized spacial score (nSPS) is 39.7. The van der Waals surface area contributed by atoms with Crippen LogP contribution < -0.4 is 10.0 Å². The lowest BCUT2D eigenvalue weighted by Crippen LogP contribution is -2.56.